The fraction of sp³-hybridized carbons (Fsp3) is 0.700. The van der Waals surface area contributed by atoms with Crippen LogP contribution in [0.2, 0.25) is 0 Å². The molecule has 18 heavy (non-hydrogen) atoms. The van der Waals surface area contributed by atoms with Crippen molar-refractivity contribution in [2.24, 2.45) is 5.92 Å². The maximum absolute atomic E-state index is 11.5. The molecule has 8 nitrogen and oxygen atoms in total. The highest BCUT2D eigenvalue weighted by atomic mass is 16.4. The topological polar surface area (TPSA) is 119 Å². The summed E-state index contributed by atoms with van der Waals surface area (Å²) in [4.78, 5) is 34.3. The molecule has 4 N–H and O–H groups in total. The summed E-state index contributed by atoms with van der Waals surface area (Å²) < 4.78 is 0. The molecule has 0 rings (SSSR count). The first-order valence-electron chi connectivity index (χ1n) is 5.41. The standard InChI is InChI=1S/C10H19N3O5/c1-6(8(15)11-2)5-13(3)10(18)12-4-7(14)9(16)17/h6-7,14H,4-5H2,1-3H3,(H,11,15)(H,12,18)(H,16,17)/t6?,7-/m0/s1. The molecule has 2 atom stereocenters. The number of hydrogen-bond donors (Lipinski definition) is 4. The van der Waals surface area contributed by atoms with E-state index < -0.39 is 18.1 Å². The molecule has 1 unspecified atom stereocenters. The van der Waals surface area contributed by atoms with Crippen LogP contribution in [0.25, 0.3) is 0 Å². The van der Waals surface area contributed by atoms with Crippen molar-refractivity contribution in [1.29, 1.82) is 0 Å². The summed E-state index contributed by atoms with van der Waals surface area (Å²) in [5.74, 6) is -1.98. The Kier molecular flexibility index (Phi) is 6.73. The number of urea groups is 1. The van der Waals surface area contributed by atoms with Crippen LogP contribution in [0.1, 0.15) is 6.92 Å². The second kappa shape index (κ2) is 7.49. The summed E-state index contributed by atoms with van der Waals surface area (Å²) >= 11 is 0. The second-order valence-electron chi connectivity index (χ2n) is 3.94. The lowest BCUT2D eigenvalue weighted by Gasteiger charge is -2.21. The molecule has 0 aliphatic heterocycles. The quantitative estimate of drug-likeness (QED) is 0.462. The summed E-state index contributed by atoms with van der Waals surface area (Å²) in [6, 6.07) is -0.550. The second-order valence-corrected chi connectivity index (χ2v) is 3.94. The maximum Gasteiger partial charge on any atom is 0.334 e. The van der Waals surface area contributed by atoms with Gasteiger partial charge in [0.15, 0.2) is 6.10 Å². The first-order chi connectivity index (χ1) is 8.29. The summed E-state index contributed by atoms with van der Waals surface area (Å²) in [5.41, 5.74) is 0. The van der Waals surface area contributed by atoms with Gasteiger partial charge in [-0.15, -0.1) is 0 Å². The first kappa shape index (κ1) is 16.2. The summed E-state index contributed by atoms with van der Waals surface area (Å²) in [5, 5.41) is 22.1. The van der Waals surface area contributed by atoms with Gasteiger partial charge in [0.2, 0.25) is 5.91 Å². The number of nitrogens with one attached hydrogen (secondary N) is 2. The van der Waals surface area contributed by atoms with Crippen LogP contribution in [0.5, 0.6) is 0 Å². The molecular weight excluding hydrogens is 242 g/mol. The molecule has 104 valence electrons. The molecule has 0 radical (unpaired) electrons. The van der Waals surface area contributed by atoms with Crippen LogP contribution >= 0.6 is 0 Å². The third-order valence-corrected chi connectivity index (χ3v) is 2.32. The molecule has 0 fully saturated rings. The van der Waals surface area contributed by atoms with E-state index >= 15 is 0 Å². The van der Waals surface area contributed by atoms with Gasteiger partial charge in [0, 0.05) is 20.6 Å². The first-order valence-corrected chi connectivity index (χ1v) is 5.41. The van der Waals surface area contributed by atoms with Crippen molar-refractivity contribution in [3.8, 4) is 0 Å². The minimum absolute atomic E-state index is 0.189. The molecule has 0 aromatic carbocycles. The third kappa shape index (κ3) is 5.48. The van der Waals surface area contributed by atoms with Crippen molar-refractivity contribution in [2.45, 2.75) is 13.0 Å². The Labute approximate surface area is 105 Å². The number of nitrogens with zero attached hydrogens (tertiary/aromatic N) is 1. The Morgan fingerprint density at radius 2 is 1.89 bits per heavy atom. The van der Waals surface area contributed by atoms with E-state index in [2.05, 4.69) is 10.6 Å². The Morgan fingerprint density at radius 3 is 2.33 bits per heavy atom. The number of amides is 3. The maximum atomic E-state index is 11.5. The van der Waals surface area contributed by atoms with Crippen LogP contribution in [0.4, 0.5) is 4.79 Å². The molecule has 0 heterocycles. The lowest BCUT2D eigenvalue weighted by molar-refractivity contribution is -0.146. The predicted octanol–water partition coefficient (Wildman–Crippen LogP) is -1.54. The van der Waals surface area contributed by atoms with Crippen molar-refractivity contribution in [1.82, 2.24) is 15.5 Å². The van der Waals surface area contributed by atoms with E-state index in [1.807, 2.05) is 0 Å². The van der Waals surface area contributed by atoms with Gasteiger partial charge in [-0.1, -0.05) is 6.92 Å². The van der Waals surface area contributed by atoms with Gasteiger partial charge in [-0.05, 0) is 0 Å². The molecule has 0 aromatic heterocycles. The average Bonchev–Trinajstić information content (AvgIpc) is 2.33. The van der Waals surface area contributed by atoms with Crippen molar-refractivity contribution >= 4 is 17.9 Å². The highest BCUT2D eigenvalue weighted by Crippen LogP contribution is 1.98. The number of hydrogen-bond acceptors (Lipinski definition) is 4. The van der Waals surface area contributed by atoms with E-state index in [-0.39, 0.29) is 24.9 Å². The highest BCUT2D eigenvalue weighted by Gasteiger charge is 2.19. The van der Waals surface area contributed by atoms with Gasteiger partial charge >= 0.3 is 12.0 Å². The van der Waals surface area contributed by atoms with E-state index in [9.17, 15) is 14.4 Å². The number of aliphatic carboxylic acids is 1. The number of carboxylic acids is 1. The van der Waals surface area contributed by atoms with Gasteiger partial charge in [-0.25, -0.2) is 9.59 Å². The summed E-state index contributed by atoms with van der Waals surface area (Å²) in [6.07, 6.45) is -1.64. The van der Waals surface area contributed by atoms with E-state index in [0.717, 1.165) is 0 Å². The van der Waals surface area contributed by atoms with Crippen molar-refractivity contribution in [3.63, 3.8) is 0 Å². The summed E-state index contributed by atoms with van der Waals surface area (Å²) in [6.45, 7) is 1.47. The largest absolute Gasteiger partial charge is 0.479 e. The number of rotatable bonds is 6. The Hall–Kier alpha value is -1.83. The fourth-order valence-corrected chi connectivity index (χ4v) is 1.23. The van der Waals surface area contributed by atoms with Gasteiger partial charge in [-0.3, -0.25) is 4.79 Å². The normalized spacial score (nSPS) is 13.3. The van der Waals surface area contributed by atoms with Gasteiger partial charge in [0.1, 0.15) is 0 Å². The average molecular weight is 261 g/mol. The number of carbonyl (C=O) groups excluding carboxylic acids is 2. The molecule has 0 aliphatic rings. The molecule has 0 spiro atoms. The summed E-state index contributed by atoms with van der Waals surface area (Å²) in [7, 11) is 2.98. The minimum atomic E-state index is -1.64. The highest BCUT2D eigenvalue weighted by molar-refractivity contribution is 5.80. The predicted molar refractivity (Wildman–Crippen MR) is 62.9 cm³/mol. The monoisotopic (exact) mass is 261 g/mol. The molecule has 0 saturated heterocycles. The SMILES string of the molecule is CNC(=O)C(C)CN(C)C(=O)NC[C@H](O)C(=O)O. The number of carboxylic acid groups (broad SMARTS) is 1. The minimum Gasteiger partial charge on any atom is -0.479 e. The molecule has 0 aliphatic carbocycles. The van der Waals surface area contributed by atoms with Gasteiger partial charge in [0.05, 0.1) is 12.5 Å². The van der Waals surface area contributed by atoms with E-state index in [1.165, 1.54) is 19.0 Å². The van der Waals surface area contributed by atoms with Gasteiger partial charge < -0.3 is 25.7 Å². The van der Waals surface area contributed by atoms with Crippen LogP contribution in [-0.4, -0.2) is 66.3 Å². The molecule has 0 aromatic rings. The molecule has 0 bridgehead atoms. The zero-order valence-electron chi connectivity index (χ0n) is 10.6. The lowest BCUT2D eigenvalue weighted by Crippen LogP contribution is -2.45. The van der Waals surface area contributed by atoms with Crippen LogP contribution in [-0.2, 0) is 9.59 Å². The fourth-order valence-electron chi connectivity index (χ4n) is 1.23. The van der Waals surface area contributed by atoms with E-state index in [0.29, 0.717) is 0 Å². The van der Waals surface area contributed by atoms with E-state index in [1.54, 1.807) is 6.92 Å². The van der Waals surface area contributed by atoms with Crippen molar-refractivity contribution in [2.75, 3.05) is 27.2 Å². The van der Waals surface area contributed by atoms with Crippen LogP contribution < -0.4 is 10.6 Å². The van der Waals surface area contributed by atoms with Crippen LogP contribution in [0.3, 0.4) is 0 Å². The van der Waals surface area contributed by atoms with E-state index in [4.69, 9.17) is 10.2 Å². The van der Waals surface area contributed by atoms with Crippen molar-refractivity contribution in [3.05, 3.63) is 0 Å². The molecule has 3 amide bonds. The van der Waals surface area contributed by atoms with Crippen molar-refractivity contribution < 1.29 is 24.6 Å². The van der Waals surface area contributed by atoms with Crippen LogP contribution in [0.15, 0.2) is 0 Å². The smallest absolute Gasteiger partial charge is 0.334 e. The molecule has 0 saturated carbocycles. The molecular formula is C10H19N3O5. The lowest BCUT2D eigenvalue weighted by atomic mass is 10.1. The number of aliphatic hydroxyl groups excluding tert-OH is 1. The number of aliphatic hydroxyl groups is 1. The van der Waals surface area contributed by atoms with Gasteiger partial charge in [0.25, 0.3) is 0 Å². The number of carbonyl (C=O) groups is 3. The van der Waals surface area contributed by atoms with Crippen LogP contribution in [0, 0.1) is 5.92 Å². The molecule has 8 heteroatoms. The Morgan fingerprint density at radius 1 is 1.33 bits per heavy atom. The Bertz CT molecular complexity index is 321. The third-order valence-electron chi connectivity index (χ3n) is 2.32. The Balaban J connectivity index is 4.11. The zero-order chi connectivity index (χ0) is 14.3. The zero-order valence-corrected chi connectivity index (χ0v) is 10.6. The van der Waals surface area contributed by atoms with Gasteiger partial charge in [-0.2, -0.15) is 0 Å².